The lowest BCUT2D eigenvalue weighted by molar-refractivity contribution is -0.0498. The molecule has 0 atom stereocenters. The van der Waals surface area contributed by atoms with Gasteiger partial charge in [0.1, 0.15) is 11.6 Å². The molecule has 4 nitrogen and oxygen atoms in total. The summed E-state index contributed by atoms with van der Waals surface area (Å²) in [6, 6.07) is 12.3. The summed E-state index contributed by atoms with van der Waals surface area (Å²) >= 11 is 0. The fraction of sp³-hybridized carbons (Fsp3) is 0.278. The second-order valence-electron chi connectivity index (χ2n) is 5.30. The zero-order chi connectivity index (χ0) is 18.1. The molecule has 0 aliphatic rings. The van der Waals surface area contributed by atoms with Gasteiger partial charge in [0.05, 0.1) is 0 Å². The molecular weight excluding hydrogens is 333 g/mol. The van der Waals surface area contributed by atoms with E-state index in [1.807, 2.05) is 0 Å². The van der Waals surface area contributed by atoms with Crippen LogP contribution < -0.4 is 15.4 Å². The third-order valence-corrected chi connectivity index (χ3v) is 3.49. The van der Waals surface area contributed by atoms with Gasteiger partial charge < -0.3 is 15.4 Å². The van der Waals surface area contributed by atoms with Crippen molar-refractivity contribution in [3.8, 4) is 5.75 Å². The van der Waals surface area contributed by atoms with E-state index in [1.54, 1.807) is 30.3 Å². The number of ether oxygens (including phenoxy) is 1. The first kappa shape index (κ1) is 18.6. The molecule has 0 saturated carbocycles. The third kappa shape index (κ3) is 6.74. The molecular formula is C18H19F3N2O2. The number of hydrogen-bond donors (Lipinski definition) is 2. The molecule has 2 amide bonds. The topological polar surface area (TPSA) is 50.4 Å². The van der Waals surface area contributed by atoms with Crippen molar-refractivity contribution < 1.29 is 22.7 Å². The molecule has 0 aliphatic carbocycles. The van der Waals surface area contributed by atoms with E-state index in [0.717, 1.165) is 5.56 Å². The van der Waals surface area contributed by atoms with E-state index in [-0.39, 0.29) is 17.6 Å². The van der Waals surface area contributed by atoms with Gasteiger partial charge in [-0.25, -0.2) is 9.18 Å². The maximum absolute atomic E-state index is 13.4. The van der Waals surface area contributed by atoms with Crippen LogP contribution in [0.15, 0.2) is 48.5 Å². The Morgan fingerprint density at radius 1 is 0.960 bits per heavy atom. The number of alkyl halides is 2. The largest absolute Gasteiger partial charge is 0.435 e. The van der Waals surface area contributed by atoms with Gasteiger partial charge in [0, 0.05) is 13.1 Å². The van der Waals surface area contributed by atoms with Gasteiger partial charge in [0.15, 0.2) is 0 Å². The summed E-state index contributed by atoms with van der Waals surface area (Å²) in [6.45, 7) is -2.13. The van der Waals surface area contributed by atoms with Gasteiger partial charge in [-0.1, -0.05) is 30.3 Å². The van der Waals surface area contributed by atoms with Crippen LogP contribution in [0.25, 0.3) is 0 Å². The first-order valence-electron chi connectivity index (χ1n) is 7.83. The standard InChI is InChI=1S/C18H19F3N2O2/c19-16-4-2-1-3-14(16)10-12-23-18(24)22-11-9-13-5-7-15(8-6-13)25-17(20)21/h1-8,17H,9-12H2,(H2,22,23,24). The lowest BCUT2D eigenvalue weighted by Crippen LogP contribution is -2.37. The molecule has 0 aromatic heterocycles. The molecule has 2 N–H and O–H groups in total. The SMILES string of the molecule is O=C(NCCc1ccc(OC(F)F)cc1)NCCc1ccccc1F. The number of rotatable bonds is 8. The van der Waals surface area contributed by atoms with Gasteiger partial charge >= 0.3 is 12.6 Å². The quantitative estimate of drug-likeness (QED) is 0.764. The molecule has 0 radical (unpaired) electrons. The van der Waals surface area contributed by atoms with Crippen LogP contribution in [0.3, 0.4) is 0 Å². The summed E-state index contributed by atoms with van der Waals surface area (Å²) in [4.78, 5) is 11.7. The van der Waals surface area contributed by atoms with Crippen LogP contribution in [0.4, 0.5) is 18.0 Å². The second kappa shape index (κ2) is 9.56. The molecule has 0 aliphatic heterocycles. The number of benzene rings is 2. The first-order chi connectivity index (χ1) is 12.0. The molecule has 0 saturated heterocycles. The highest BCUT2D eigenvalue weighted by atomic mass is 19.3. The number of nitrogens with one attached hydrogen (secondary N) is 2. The van der Waals surface area contributed by atoms with Crippen LogP contribution >= 0.6 is 0 Å². The number of hydrogen-bond acceptors (Lipinski definition) is 2. The Bertz CT molecular complexity index is 678. The molecule has 134 valence electrons. The summed E-state index contributed by atoms with van der Waals surface area (Å²) in [6.07, 6.45) is 0.960. The Labute approximate surface area is 144 Å². The van der Waals surface area contributed by atoms with Gasteiger partial charge in [-0.2, -0.15) is 8.78 Å². The lowest BCUT2D eigenvalue weighted by atomic mass is 10.1. The van der Waals surface area contributed by atoms with Gasteiger partial charge in [-0.05, 0) is 42.2 Å². The van der Waals surface area contributed by atoms with Crippen molar-refractivity contribution in [1.82, 2.24) is 10.6 Å². The van der Waals surface area contributed by atoms with Crippen molar-refractivity contribution in [3.63, 3.8) is 0 Å². The van der Waals surface area contributed by atoms with Crippen molar-refractivity contribution in [3.05, 3.63) is 65.5 Å². The Morgan fingerprint density at radius 3 is 2.24 bits per heavy atom. The van der Waals surface area contributed by atoms with Gasteiger partial charge in [-0.15, -0.1) is 0 Å². The normalized spacial score (nSPS) is 10.6. The Hall–Kier alpha value is -2.70. The number of carbonyl (C=O) groups is 1. The molecule has 7 heteroatoms. The molecule has 25 heavy (non-hydrogen) atoms. The predicted molar refractivity (Wildman–Crippen MR) is 88.3 cm³/mol. The molecule has 2 aromatic rings. The number of amides is 2. The average molecular weight is 352 g/mol. The fourth-order valence-electron chi connectivity index (χ4n) is 2.23. The summed E-state index contributed by atoms with van der Waals surface area (Å²) in [5, 5.41) is 5.34. The molecule has 0 heterocycles. The van der Waals surface area contributed by atoms with E-state index in [1.165, 1.54) is 18.2 Å². The van der Waals surface area contributed by atoms with Gasteiger partial charge in [0.2, 0.25) is 0 Å². The van der Waals surface area contributed by atoms with E-state index in [2.05, 4.69) is 15.4 Å². The van der Waals surface area contributed by atoms with Crippen LogP contribution in [0.5, 0.6) is 5.75 Å². The van der Waals surface area contributed by atoms with Gasteiger partial charge in [-0.3, -0.25) is 0 Å². The maximum Gasteiger partial charge on any atom is 0.387 e. The lowest BCUT2D eigenvalue weighted by Gasteiger charge is -2.09. The highest BCUT2D eigenvalue weighted by Gasteiger charge is 2.05. The van der Waals surface area contributed by atoms with Crippen LogP contribution in [0.2, 0.25) is 0 Å². The van der Waals surface area contributed by atoms with Crippen LogP contribution in [-0.2, 0) is 12.8 Å². The minimum Gasteiger partial charge on any atom is -0.435 e. The van der Waals surface area contributed by atoms with E-state index in [4.69, 9.17) is 0 Å². The Morgan fingerprint density at radius 2 is 1.60 bits per heavy atom. The molecule has 2 aromatic carbocycles. The highest BCUT2D eigenvalue weighted by molar-refractivity contribution is 5.73. The van der Waals surface area contributed by atoms with E-state index >= 15 is 0 Å². The van der Waals surface area contributed by atoms with Crippen molar-refractivity contribution in [2.75, 3.05) is 13.1 Å². The Kier molecular flexibility index (Phi) is 7.13. The minimum absolute atomic E-state index is 0.0950. The van der Waals surface area contributed by atoms with E-state index < -0.39 is 6.61 Å². The Balaban J connectivity index is 1.64. The number of urea groups is 1. The highest BCUT2D eigenvalue weighted by Crippen LogP contribution is 2.14. The molecule has 0 spiro atoms. The van der Waals surface area contributed by atoms with Crippen LogP contribution in [0, 0.1) is 5.82 Å². The summed E-state index contributed by atoms with van der Waals surface area (Å²) in [7, 11) is 0. The van der Waals surface area contributed by atoms with Crippen molar-refractivity contribution in [2.45, 2.75) is 19.5 Å². The molecule has 0 unspecified atom stereocenters. The van der Waals surface area contributed by atoms with Crippen LogP contribution in [-0.4, -0.2) is 25.7 Å². The summed E-state index contributed by atoms with van der Waals surface area (Å²) in [5.41, 5.74) is 1.43. The zero-order valence-corrected chi connectivity index (χ0v) is 13.5. The zero-order valence-electron chi connectivity index (χ0n) is 13.5. The van der Waals surface area contributed by atoms with Crippen LogP contribution in [0.1, 0.15) is 11.1 Å². The third-order valence-electron chi connectivity index (χ3n) is 3.49. The molecule has 0 fully saturated rings. The summed E-state index contributed by atoms with van der Waals surface area (Å²) in [5.74, 6) is -0.193. The molecule has 0 bridgehead atoms. The minimum atomic E-state index is -2.85. The van der Waals surface area contributed by atoms with Crippen molar-refractivity contribution >= 4 is 6.03 Å². The predicted octanol–water partition coefficient (Wildman–Crippen LogP) is 3.51. The fourth-order valence-corrected chi connectivity index (χ4v) is 2.23. The monoisotopic (exact) mass is 352 g/mol. The number of halogens is 3. The summed E-state index contributed by atoms with van der Waals surface area (Å²) < 4.78 is 41.8. The number of carbonyl (C=O) groups excluding carboxylic acids is 1. The maximum atomic E-state index is 13.4. The van der Waals surface area contributed by atoms with E-state index in [0.29, 0.717) is 31.5 Å². The van der Waals surface area contributed by atoms with Crippen molar-refractivity contribution in [1.29, 1.82) is 0 Å². The second-order valence-corrected chi connectivity index (χ2v) is 5.30. The van der Waals surface area contributed by atoms with Crippen molar-refractivity contribution in [2.24, 2.45) is 0 Å². The van der Waals surface area contributed by atoms with E-state index in [9.17, 15) is 18.0 Å². The first-order valence-corrected chi connectivity index (χ1v) is 7.83. The molecule has 2 rings (SSSR count). The smallest absolute Gasteiger partial charge is 0.387 e. The average Bonchev–Trinajstić information content (AvgIpc) is 2.58. The van der Waals surface area contributed by atoms with Gasteiger partial charge in [0.25, 0.3) is 0 Å².